The van der Waals surface area contributed by atoms with Crippen LogP contribution in [0, 0.1) is 0 Å². The summed E-state index contributed by atoms with van der Waals surface area (Å²) < 4.78 is 0. The van der Waals surface area contributed by atoms with E-state index in [2.05, 4.69) is 0 Å². The predicted molar refractivity (Wildman–Crippen MR) is 36.2 cm³/mol. The van der Waals surface area contributed by atoms with Gasteiger partial charge in [-0.25, -0.2) is 9.90 Å². The third kappa shape index (κ3) is 7.17. The Balaban J connectivity index is 3.10. The Morgan fingerprint density at radius 3 is 2.60 bits per heavy atom. The number of unbranched alkanes of at least 4 members (excludes halogenated alkanes) is 2. The highest BCUT2D eigenvalue weighted by atomic mass is 16.4. The SMILES string of the molecule is [O]CCCCC=CC(=O)O. The molecule has 0 aliphatic carbocycles. The van der Waals surface area contributed by atoms with E-state index < -0.39 is 5.97 Å². The van der Waals surface area contributed by atoms with Gasteiger partial charge in [0.05, 0.1) is 6.61 Å². The third-order valence-corrected chi connectivity index (χ3v) is 1.03. The summed E-state index contributed by atoms with van der Waals surface area (Å²) in [5.41, 5.74) is 0. The Morgan fingerprint density at radius 2 is 2.10 bits per heavy atom. The zero-order valence-electron chi connectivity index (χ0n) is 5.75. The lowest BCUT2D eigenvalue weighted by Crippen LogP contribution is -1.86. The van der Waals surface area contributed by atoms with Gasteiger partial charge >= 0.3 is 5.97 Å². The predicted octanol–water partition coefficient (Wildman–Crippen LogP) is 1.23. The third-order valence-electron chi connectivity index (χ3n) is 1.03. The largest absolute Gasteiger partial charge is 0.478 e. The molecule has 0 fully saturated rings. The van der Waals surface area contributed by atoms with Gasteiger partial charge in [0.25, 0.3) is 0 Å². The molecule has 10 heavy (non-hydrogen) atoms. The summed E-state index contributed by atoms with van der Waals surface area (Å²) >= 11 is 0. The molecule has 0 unspecified atom stereocenters. The van der Waals surface area contributed by atoms with E-state index in [1.165, 1.54) is 0 Å². The molecule has 0 bridgehead atoms. The summed E-state index contributed by atoms with van der Waals surface area (Å²) in [6.45, 7) is -0.0685. The van der Waals surface area contributed by atoms with Crippen molar-refractivity contribution in [2.75, 3.05) is 6.61 Å². The fraction of sp³-hybridized carbons (Fsp3) is 0.571. The molecule has 0 aromatic rings. The van der Waals surface area contributed by atoms with Gasteiger partial charge in [0.2, 0.25) is 0 Å². The maximum absolute atomic E-state index is 9.89. The van der Waals surface area contributed by atoms with Crippen molar-refractivity contribution in [1.82, 2.24) is 0 Å². The Labute approximate surface area is 60.0 Å². The van der Waals surface area contributed by atoms with Crippen LogP contribution in [0.2, 0.25) is 0 Å². The van der Waals surface area contributed by atoms with Gasteiger partial charge < -0.3 is 5.11 Å². The smallest absolute Gasteiger partial charge is 0.327 e. The van der Waals surface area contributed by atoms with Crippen LogP contribution in [0.25, 0.3) is 0 Å². The minimum absolute atomic E-state index is 0.0685. The van der Waals surface area contributed by atoms with Crippen molar-refractivity contribution in [3.8, 4) is 0 Å². The van der Waals surface area contributed by atoms with Gasteiger partial charge in [-0.2, -0.15) is 0 Å². The van der Waals surface area contributed by atoms with E-state index in [9.17, 15) is 9.90 Å². The summed E-state index contributed by atoms with van der Waals surface area (Å²) in [6, 6.07) is 0. The van der Waals surface area contributed by atoms with Crippen molar-refractivity contribution in [3.63, 3.8) is 0 Å². The Morgan fingerprint density at radius 1 is 1.40 bits per heavy atom. The molecule has 1 N–H and O–H groups in total. The van der Waals surface area contributed by atoms with Gasteiger partial charge in [-0.05, 0) is 19.3 Å². The molecule has 0 aliphatic heterocycles. The van der Waals surface area contributed by atoms with Gasteiger partial charge in [-0.1, -0.05) is 6.08 Å². The second-order valence-electron chi connectivity index (χ2n) is 1.94. The van der Waals surface area contributed by atoms with Crippen molar-refractivity contribution < 1.29 is 15.0 Å². The maximum atomic E-state index is 9.89. The number of carboxylic acid groups (broad SMARTS) is 1. The van der Waals surface area contributed by atoms with E-state index >= 15 is 0 Å². The van der Waals surface area contributed by atoms with Crippen LogP contribution in [-0.4, -0.2) is 17.7 Å². The standard InChI is InChI=1S/C7H11O3/c8-6-4-2-1-3-5-7(9)10/h3,5H,1-2,4,6H2,(H,9,10). The Kier molecular flexibility index (Phi) is 5.77. The Hall–Kier alpha value is -0.830. The number of carboxylic acids is 1. The molecule has 0 saturated carbocycles. The normalized spacial score (nSPS) is 10.5. The van der Waals surface area contributed by atoms with Crippen molar-refractivity contribution in [3.05, 3.63) is 12.2 Å². The number of rotatable bonds is 5. The van der Waals surface area contributed by atoms with Crippen molar-refractivity contribution in [1.29, 1.82) is 0 Å². The number of aliphatic carboxylic acids is 1. The summed E-state index contributed by atoms with van der Waals surface area (Å²) in [6.07, 6.45) is 4.77. The maximum Gasteiger partial charge on any atom is 0.327 e. The number of hydrogen-bond acceptors (Lipinski definition) is 1. The first-order valence-corrected chi connectivity index (χ1v) is 3.25. The molecule has 0 amide bonds. The van der Waals surface area contributed by atoms with E-state index in [4.69, 9.17) is 5.11 Å². The molecule has 0 spiro atoms. The fourth-order valence-electron chi connectivity index (χ4n) is 0.548. The number of carbonyl (C=O) groups is 1. The fourth-order valence-corrected chi connectivity index (χ4v) is 0.548. The Bertz CT molecular complexity index is 118. The first-order chi connectivity index (χ1) is 4.77. The van der Waals surface area contributed by atoms with Gasteiger partial charge in [0.15, 0.2) is 0 Å². The van der Waals surface area contributed by atoms with Crippen LogP contribution < -0.4 is 0 Å². The lowest BCUT2D eigenvalue weighted by molar-refractivity contribution is -0.131. The minimum atomic E-state index is -0.929. The van der Waals surface area contributed by atoms with Crippen LogP contribution in [0.3, 0.4) is 0 Å². The molecule has 0 aromatic carbocycles. The van der Waals surface area contributed by atoms with E-state index in [1.807, 2.05) is 0 Å². The molecule has 1 radical (unpaired) electrons. The number of hydrogen-bond donors (Lipinski definition) is 1. The monoisotopic (exact) mass is 143 g/mol. The lowest BCUT2D eigenvalue weighted by Gasteiger charge is -1.87. The summed E-state index contributed by atoms with van der Waals surface area (Å²) in [5, 5.41) is 18.0. The molecule has 0 rings (SSSR count). The molecule has 0 aromatic heterocycles. The van der Waals surface area contributed by atoms with E-state index in [0.29, 0.717) is 12.8 Å². The molecular weight excluding hydrogens is 132 g/mol. The summed E-state index contributed by atoms with van der Waals surface area (Å²) in [7, 11) is 0. The van der Waals surface area contributed by atoms with E-state index in [0.717, 1.165) is 12.5 Å². The highest BCUT2D eigenvalue weighted by molar-refractivity contribution is 5.79. The lowest BCUT2D eigenvalue weighted by atomic mass is 10.2. The zero-order valence-corrected chi connectivity index (χ0v) is 5.75. The quantitative estimate of drug-likeness (QED) is 0.464. The molecular formula is C7H11O3. The van der Waals surface area contributed by atoms with Crippen molar-refractivity contribution >= 4 is 5.97 Å². The summed E-state index contributed by atoms with van der Waals surface area (Å²) in [4.78, 5) is 9.88. The van der Waals surface area contributed by atoms with Gasteiger partial charge in [-0.15, -0.1) is 0 Å². The van der Waals surface area contributed by atoms with E-state index in [1.54, 1.807) is 6.08 Å². The van der Waals surface area contributed by atoms with Crippen LogP contribution in [0.15, 0.2) is 12.2 Å². The van der Waals surface area contributed by atoms with Crippen LogP contribution in [0.1, 0.15) is 19.3 Å². The minimum Gasteiger partial charge on any atom is -0.478 e. The average molecular weight is 143 g/mol. The van der Waals surface area contributed by atoms with Crippen LogP contribution >= 0.6 is 0 Å². The molecule has 3 heteroatoms. The summed E-state index contributed by atoms with van der Waals surface area (Å²) in [5.74, 6) is -0.929. The van der Waals surface area contributed by atoms with E-state index in [-0.39, 0.29) is 6.61 Å². The first-order valence-electron chi connectivity index (χ1n) is 3.25. The molecule has 3 nitrogen and oxygen atoms in total. The molecule has 0 heterocycles. The molecule has 0 aliphatic rings. The average Bonchev–Trinajstić information content (AvgIpc) is 1.87. The van der Waals surface area contributed by atoms with Gasteiger partial charge in [0.1, 0.15) is 0 Å². The van der Waals surface area contributed by atoms with Gasteiger partial charge in [0, 0.05) is 6.08 Å². The number of allylic oxidation sites excluding steroid dienone is 1. The second kappa shape index (κ2) is 6.29. The topological polar surface area (TPSA) is 57.2 Å². The molecule has 0 atom stereocenters. The van der Waals surface area contributed by atoms with Gasteiger partial charge in [-0.3, -0.25) is 0 Å². The second-order valence-corrected chi connectivity index (χ2v) is 1.94. The van der Waals surface area contributed by atoms with Crippen LogP contribution in [0.5, 0.6) is 0 Å². The highest BCUT2D eigenvalue weighted by Crippen LogP contribution is 1.94. The molecule has 57 valence electrons. The van der Waals surface area contributed by atoms with Crippen LogP contribution in [-0.2, 0) is 9.90 Å². The van der Waals surface area contributed by atoms with Crippen molar-refractivity contribution in [2.24, 2.45) is 0 Å². The molecule has 0 saturated heterocycles. The van der Waals surface area contributed by atoms with Crippen molar-refractivity contribution in [2.45, 2.75) is 19.3 Å². The van der Waals surface area contributed by atoms with Crippen LogP contribution in [0.4, 0.5) is 0 Å². The highest BCUT2D eigenvalue weighted by Gasteiger charge is 1.85. The first kappa shape index (κ1) is 9.17. The zero-order chi connectivity index (χ0) is 7.82.